The minimum absolute atomic E-state index is 0.417. The molecule has 1 unspecified atom stereocenters. The van der Waals surface area contributed by atoms with Gasteiger partial charge in [-0.05, 0) is 43.0 Å². The second kappa shape index (κ2) is 7.50. The summed E-state index contributed by atoms with van der Waals surface area (Å²) in [5.41, 5.74) is 9.14. The number of aliphatic hydroxyl groups is 1. The Labute approximate surface area is 121 Å². The Hall–Kier alpha value is -1.26. The van der Waals surface area contributed by atoms with E-state index in [4.69, 9.17) is 10.5 Å². The van der Waals surface area contributed by atoms with E-state index in [-0.39, 0.29) is 0 Å². The molecular formula is C16H26N2O2. The molecule has 1 aliphatic heterocycles. The normalized spacial score (nSPS) is 16.0. The third kappa shape index (κ3) is 4.12. The summed E-state index contributed by atoms with van der Waals surface area (Å²) in [6, 6.07) is 6.04. The van der Waals surface area contributed by atoms with Gasteiger partial charge in [0, 0.05) is 31.1 Å². The van der Waals surface area contributed by atoms with E-state index in [1.807, 2.05) is 12.1 Å². The summed E-state index contributed by atoms with van der Waals surface area (Å²) in [6.45, 7) is 4.91. The van der Waals surface area contributed by atoms with Gasteiger partial charge >= 0.3 is 0 Å². The smallest absolute Gasteiger partial charge is 0.0947 e. The summed E-state index contributed by atoms with van der Waals surface area (Å²) < 4.78 is 5.49. The lowest BCUT2D eigenvalue weighted by atomic mass is 10.0. The molecule has 0 aromatic heterocycles. The Morgan fingerprint density at radius 3 is 3.10 bits per heavy atom. The van der Waals surface area contributed by atoms with Crippen molar-refractivity contribution in [1.29, 1.82) is 0 Å². The van der Waals surface area contributed by atoms with Crippen LogP contribution in [0.3, 0.4) is 0 Å². The maximum atomic E-state index is 10.1. The molecule has 4 heteroatoms. The van der Waals surface area contributed by atoms with Gasteiger partial charge < -0.3 is 20.5 Å². The van der Waals surface area contributed by atoms with Crippen molar-refractivity contribution >= 4 is 11.4 Å². The first-order valence-corrected chi connectivity index (χ1v) is 7.60. The van der Waals surface area contributed by atoms with Crippen LogP contribution in [0.5, 0.6) is 0 Å². The molecular weight excluding hydrogens is 252 g/mol. The highest BCUT2D eigenvalue weighted by Gasteiger charge is 2.19. The summed E-state index contributed by atoms with van der Waals surface area (Å²) in [5.74, 6) is 0. The zero-order valence-corrected chi connectivity index (χ0v) is 12.3. The lowest BCUT2D eigenvalue weighted by Crippen LogP contribution is -2.38. The Morgan fingerprint density at radius 1 is 1.45 bits per heavy atom. The second-order valence-corrected chi connectivity index (χ2v) is 5.52. The van der Waals surface area contributed by atoms with E-state index < -0.39 is 6.10 Å². The molecule has 1 atom stereocenters. The van der Waals surface area contributed by atoms with Crippen LogP contribution in [0.1, 0.15) is 31.7 Å². The van der Waals surface area contributed by atoms with Crippen LogP contribution in [-0.4, -0.2) is 37.5 Å². The van der Waals surface area contributed by atoms with E-state index >= 15 is 0 Å². The third-order valence-electron chi connectivity index (χ3n) is 3.70. The lowest BCUT2D eigenvalue weighted by Gasteiger charge is -2.33. The highest BCUT2D eigenvalue weighted by molar-refractivity contribution is 5.61. The summed E-state index contributed by atoms with van der Waals surface area (Å²) in [7, 11) is 0. The Bertz CT molecular complexity index is 423. The molecule has 0 aliphatic carbocycles. The van der Waals surface area contributed by atoms with Crippen LogP contribution in [0.25, 0.3) is 0 Å². The average Bonchev–Trinajstić information content (AvgIpc) is 2.43. The molecule has 0 radical (unpaired) electrons. The van der Waals surface area contributed by atoms with E-state index in [0.29, 0.717) is 13.2 Å². The van der Waals surface area contributed by atoms with Gasteiger partial charge in [-0.25, -0.2) is 0 Å². The minimum atomic E-state index is -0.435. The quantitative estimate of drug-likeness (QED) is 0.593. The molecule has 20 heavy (non-hydrogen) atoms. The van der Waals surface area contributed by atoms with Crippen molar-refractivity contribution in [1.82, 2.24) is 0 Å². The van der Waals surface area contributed by atoms with Crippen LogP contribution < -0.4 is 10.6 Å². The van der Waals surface area contributed by atoms with Gasteiger partial charge in [0.1, 0.15) is 0 Å². The van der Waals surface area contributed by atoms with Gasteiger partial charge in [0.2, 0.25) is 0 Å². The Balaban J connectivity index is 1.88. The first-order valence-electron chi connectivity index (χ1n) is 7.60. The molecule has 0 saturated heterocycles. The summed E-state index contributed by atoms with van der Waals surface area (Å²) >= 11 is 0. The molecule has 112 valence electrons. The number of rotatable bonds is 7. The number of nitrogens with zero attached hydrogens (tertiary/aromatic N) is 1. The predicted octanol–water partition coefficient (Wildman–Crippen LogP) is 2.20. The maximum Gasteiger partial charge on any atom is 0.0947 e. The van der Waals surface area contributed by atoms with Gasteiger partial charge in [-0.15, -0.1) is 0 Å². The van der Waals surface area contributed by atoms with Crippen molar-refractivity contribution in [2.75, 3.05) is 36.9 Å². The molecule has 0 amide bonds. The van der Waals surface area contributed by atoms with Crippen molar-refractivity contribution in [2.45, 2.75) is 38.7 Å². The van der Waals surface area contributed by atoms with Crippen LogP contribution in [0.15, 0.2) is 18.2 Å². The number of hydrogen-bond donors (Lipinski definition) is 2. The lowest BCUT2D eigenvalue weighted by molar-refractivity contribution is 0.0390. The Morgan fingerprint density at radius 2 is 2.30 bits per heavy atom. The summed E-state index contributed by atoms with van der Waals surface area (Å²) in [6.07, 6.45) is 3.92. The number of aliphatic hydroxyl groups excluding tert-OH is 1. The van der Waals surface area contributed by atoms with Gasteiger partial charge in [-0.3, -0.25) is 0 Å². The van der Waals surface area contributed by atoms with Crippen LogP contribution in [-0.2, 0) is 11.2 Å². The van der Waals surface area contributed by atoms with E-state index in [9.17, 15) is 5.11 Å². The number of hydrogen-bond acceptors (Lipinski definition) is 4. The standard InChI is InChI=1S/C16H26N2O2/c1-2-3-9-20-12-15(19)11-18-8-4-5-13-10-14(17)6-7-16(13)18/h6-7,10,15,19H,2-5,8-9,11-12,17H2,1H3. The van der Waals surface area contributed by atoms with Crippen molar-refractivity contribution in [3.05, 3.63) is 23.8 Å². The molecule has 3 N–H and O–H groups in total. The average molecular weight is 278 g/mol. The molecule has 1 aliphatic rings. The van der Waals surface area contributed by atoms with E-state index in [2.05, 4.69) is 17.9 Å². The zero-order valence-electron chi connectivity index (χ0n) is 12.3. The summed E-state index contributed by atoms with van der Waals surface area (Å²) in [4.78, 5) is 2.24. The van der Waals surface area contributed by atoms with Gasteiger partial charge in [0.25, 0.3) is 0 Å². The van der Waals surface area contributed by atoms with Gasteiger partial charge in [0.15, 0.2) is 0 Å². The largest absolute Gasteiger partial charge is 0.399 e. The highest BCUT2D eigenvalue weighted by atomic mass is 16.5. The van der Waals surface area contributed by atoms with Crippen molar-refractivity contribution in [3.8, 4) is 0 Å². The number of ether oxygens (including phenoxy) is 1. The number of nitrogens with two attached hydrogens (primary N) is 1. The zero-order chi connectivity index (χ0) is 14.4. The van der Waals surface area contributed by atoms with Gasteiger partial charge in [-0.2, -0.15) is 0 Å². The molecule has 1 aromatic carbocycles. The van der Waals surface area contributed by atoms with Gasteiger partial charge in [-0.1, -0.05) is 13.3 Å². The summed E-state index contributed by atoms with van der Waals surface area (Å²) in [5, 5.41) is 10.1. The monoisotopic (exact) mass is 278 g/mol. The van der Waals surface area contributed by atoms with Crippen LogP contribution >= 0.6 is 0 Å². The number of unbranched alkanes of at least 4 members (excludes halogenated alkanes) is 1. The number of nitrogen functional groups attached to an aromatic ring is 1. The second-order valence-electron chi connectivity index (χ2n) is 5.52. The minimum Gasteiger partial charge on any atom is -0.399 e. The molecule has 4 nitrogen and oxygen atoms in total. The fraction of sp³-hybridized carbons (Fsp3) is 0.625. The van der Waals surface area contributed by atoms with E-state index in [1.54, 1.807) is 0 Å². The highest BCUT2D eigenvalue weighted by Crippen LogP contribution is 2.28. The molecule has 0 saturated carbocycles. The van der Waals surface area contributed by atoms with Crippen molar-refractivity contribution in [2.24, 2.45) is 0 Å². The topological polar surface area (TPSA) is 58.7 Å². The van der Waals surface area contributed by atoms with E-state index in [0.717, 1.165) is 44.5 Å². The number of benzene rings is 1. The molecule has 1 heterocycles. The molecule has 0 bridgehead atoms. The molecule has 0 fully saturated rings. The fourth-order valence-electron chi connectivity index (χ4n) is 2.66. The SMILES string of the molecule is CCCCOCC(O)CN1CCCc2cc(N)ccc21. The molecule has 1 aromatic rings. The number of fused-ring (bicyclic) bond motifs is 1. The third-order valence-corrected chi connectivity index (χ3v) is 3.70. The first kappa shape index (κ1) is 15.1. The fourth-order valence-corrected chi connectivity index (χ4v) is 2.66. The number of β-amino-alcohol motifs (C(OH)–C–C–N with tert-alkyl or cyclic N) is 1. The van der Waals surface area contributed by atoms with E-state index in [1.165, 1.54) is 11.3 Å². The maximum absolute atomic E-state index is 10.1. The number of anilines is 2. The first-order chi connectivity index (χ1) is 9.70. The molecule has 2 rings (SSSR count). The van der Waals surface area contributed by atoms with Crippen molar-refractivity contribution in [3.63, 3.8) is 0 Å². The number of aryl methyl sites for hydroxylation is 1. The van der Waals surface area contributed by atoms with Crippen LogP contribution in [0.4, 0.5) is 11.4 Å². The Kier molecular flexibility index (Phi) is 5.68. The van der Waals surface area contributed by atoms with Gasteiger partial charge in [0.05, 0.1) is 12.7 Å². The molecule has 0 spiro atoms. The van der Waals surface area contributed by atoms with Crippen LogP contribution in [0.2, 0.25) is 0 Å². The van der Waals surface area contributed by atoms with Crippen LogP contribution in [0, 0.1) is 0 Å². The van der Waals surface area contributed by atoms with Crippen molar-refractivity contribution < 1.29 is 9.84 Å². The predicted molar refractivity (Wildman–Crippen MR) is 83.1 cm³/mol.